The minimum Gasteiger partial charge on any atom is -0.492 e. The van der Waals surface area contributed by atoms with Crippen LogP contribution in [0.25, 0.3) is 0 Å². The van der Waals surface area contributed by atoms with E-state index in [1.165, 1.54) is 0 Å². The highest BCUT2D eigenvalue weighted by Gasteiger charge is 2.11. The number of ether oxygens (including phenoxy) is 2. The van der Waals surface area contributed by atoms with Crippen molar-refractivity contribution in [3.05, 3.63) is 42.5 Å². The highest BCUT2D eigenvalue weighted by atomic mass is 16.5. The molecule has 0 amide bonds. The molecule has 1 atom stereocenters. The molecule has 0 saturated heterocycles. The SMILES string of the molecule is CCN(CC)C(C)COc1cccc(Oc2ccc(N)c(N)c2)c1. The van der Waals surface area contributed by atoms with Crippen LogP contribution in [0.5, 0.6) is 17.2 Å². The molecular formula is C19H27N3O2. The molecule has 5 nitrogen and oxygen atoms in total. The summed E-state index contributed by atoms with van der Waals surface area (Å²) in [5, 5.41) is 0. The molecule has 130 valence electrons. The molecular weight excluding hydrogens is 302 g/mol. The summed E-state index contributed by atoms with van der Waals surface area (Å²) < 4.78 is 11.7. The van der Waals surface area contributed by atoms with Gasteiger partial charge in [-0.15, -0.1) is 0 Å². The van der Waals surface area contributed by atoms with Gasteiger partial charge in [0.1, 0.15) is 23.9 Å². The topological polar surface area (TPSA) is 73.7 Å². The molecule has 0 aliphatic carbocycles. The van der Waals surface area contributed by atoms with Crippen molar-refractivity contribution in [2.75, 3.05) is 31.2 Å². The molecule has 2 rings (SSSR count). The first-order chi connectivity index (χ1) is 11.5. The predicted molar refractivity (Wildman–Crippen MR) is 99.7 cm³/mol. The van der Waals surface area contributed by atoms with Crippen LogP contribution in [0, 0.1) is 0 Å². The Kier molecular flexibility index (Phi) is 6.32. The highest BCUT2D eigenvalue weighted by molar-refractivity contribution is 5.65. The van der Waals surface area contributed by atoms with E-state index in [2.05, 4.69) is 25.7 Å². The number of anilines is 2. The van der Waals surface area contributed by atoms with Gasteiger partial charge in [-0.25, -0.2) is 0 Å². The second kappa shape index (κ2) is 8.45. The van der Waals surface area contributed by atoms with Crippen LogP contribution in [-0.2, 0) is 0 Å². The number of nitrogens with zero attached hydrogens (tertiary/aromatic N) is 1. The van der Waals surface area contributed by atoms with Crippen LogP contribution in [0.15, 0.2) is 42.5 Å². The van der Waals surface area contributed by atoms with Crippen LogP contribution in [0.1, 0.15) is 20.8 Å². The van der Waals surface area contributed by atoms with E-state index in [-0.39, 0.29) is 0 Å². The van der Waals surface area contributed by atoms with Gasteiger partial charge in [-0.05, 0) is 44.3 Å². The number of rotatable bonds is 8. The number of hydrogen-bond donors (Lipinski definition) is 2. The molecule has 0 saturated carbocycles. The molecule has 24 heavy (non-hydrogen) atoms. The lowest BCUT2D eigenvalue weighted by molar-refractivity contribution is 0.158. The average molecular weight is 329 g/mol. The van der Waals surface area contributed by atoms with E-state index in [4.69, 9.17) is 20.9 Å². The Hall–Kier alpha value is -2.40. The van der Waals surface area contributed by atoms with Crippen LogP contribution in [0.2, 0.25) is 0 Å². The zero-order valence-corrected chi connectivity index (χ0v) is 14.7. The maximum atomic E-state index is 5.91. The largest absolute Gasteiger partial charge is 0.492 e. The second-order valence-corrected chi connectivity index (χ2v) is 5.75. The molecule has 0 spiro atoms. The van der Waals surface area contributed by atoms with E-state index in [9.17, 15) is 0 Å². The Morgan fingerprint density at radius 2 is 1.58 bits per heavy atom. The lowest BCUT2D eigenvalue weighted by Gasteiger charge is -2.26. The Morgan fingerprint density at radius 3 is 2.25 bits per heavy atom. The Bertz CT molecular complexity index is 657. The molecule has 0 aliphatic heterocycles. The fraction of sp³-hybridized carbons (Fsp3) is 0.368. The molecule has 0 radical (unpaired) electrons. The Morgan fingerprint density at radius 1 is 0.917 bits per heavy atom. The predicted octanol–water partition coefficient (Wildman–Crippen LogP) is 3.75. The third kappa shape index (κ3) is 4.80. The van der Waals surface area contributed by atoms with Gasteiger partial charge in [-0.2, -0.15) is 0 Å². The fourth-order valence-corrected chi connectivity index (χ4v) is 2.55. The van der Waals surface area contributed by atoms with E-state index in [0.29, 0.717) is 35.5 Å². The molecule has 2 aromatic rings. The maximum absolute atomic E-state index is 5.91. The van der Waals surface area contributed by atoms with Crippen molar-refractivity contribution in [3.63, 3.8) is 0 Å². The van der Waals surface area contributed by atoms with E-state index in [1.807, 2.05) is 24.3 Å². The van der Waals surface area contributed by atoms with Gasteiger partial charge in [0.25, 0.3) is 0 Å². The first-order valence-electron chi connectivity index (χ1n) is 8.33. The lowest BCUT2D eigenvalue weighted by atomic mass is 10.2. The summed E-state index contributed by atoms with van der Waals surface area (Å²) in [7, 11) is 0. The lowest BCUT2D eigenvalue weighted by Crippen LogP contribution is -2.36. The standard InChI is InChI=1S/C19H27N3O2/c1-4-22(5-2)14(3)13-23-15-7-6-8-16(11-15)24-17-9-10-18(20)19(21)12-17/h6-12,14H,4-5,13,20-21H2,1-3H3. The van der Waals surface area contributed by atoms with Crippen molar-refractivity contribution >= 4 is 11.4 Å². The minimum absolute atomic E-state index is 0.362. The normalized spacial score (nSPS) is 12.2. The quantitative estimate of drug-likeness (QED) is 0.722. The smallest absolute Gasteiger partial charge is 0.131 e. The summed E-state index contributed by atoms with van der Waals surface area (Å²) in [4.78, 5) is 2.36. The number of nitrogens with two attached hydrogens (primary N) is 2. The van der Waals surface area contributed by atoms with Crippen molar-refractivity contribution in [2.24, 2.45) is 0 Å². The minimum atomic E-state index is 0.362. The van der Waals surface area contributed by atoms with Crippen LogP contribution in [0.3, 0.4) is 0 Å². The molecule has 0 bridgehead atoms. The Balaban J connectivity index is 1.99. The fourth-order valence-electron chi connectivity index (χ4n) is 2.55. The summed E-state index contributed by atoms with van der Waals surface area (Å²) in [6.07, 6.45) is 0. The number of benzene rings is 2. The number of likely N-dealkylation sites (N-methyl/N-ethyl adjacent to an activating group) is 1. The first kappa shape index (κ1) is 17.9. The Labute approximate surface area is 144 Å². The molecule has 2 aromatic carbocycles. The zero-order valence-electron chi connectivity index (χ0n) is 14.7. The van der Waals surface area contributed by atoms with Gasteiger partial charge in [0.2, 0.25) is 0 Å². The monoisotopic (exact) mass is 329 g/mol. The van der Waals surface area contributed by atoms with Gasteiger partial charge < -0.3 is 20.9 Å². The van der Waals surface area contributed by atoms with Gasteiger partial charge in [-0.1, -0.05) is 19.9 Å². The van der Waals surface area contributed by atoms with Crippen LogP contribution in [-0.4, -0.2) is 30.6 Å². The van der Waals surface area contributed by atoms with Crippen molar-refractivity contribution in [2.45, 2.75) is 26.8 Å². The summed E-state index contributed by atoms with van der Waals surface area (Å²) in [5.74, 6) is 2.14. The summed E-state index contributed by atoms with van der Waals surface area (Å²) >= 11 is 0. The van der Waals surface area contributed by atoms with Crippen LogP contribution >= 0.6 is 0 Å². The molecule has 4 N–H and O–H groups in total. The van der Waals surface area contributed by atoms with Gasteiger partial charge >= 0.3 is 0 Å². The third-order valence-electron chi connectivity index (χ3n) is 4.03. The molecule has 0 fully saturated rings. The van der Waals surface area contributed by atoms with E-state index >= 15 is 0 Å². The van der Waals surface area contributed by atoms with E-state index in [0.717, 1.165) is 18.8 Å². The summed E-state index contributed by atoms with van der Waals surface area (Å²) in [5.41, 5.74) is 12.6. The maximum Gasteiger partial charge on any atom is 0.131 e. The summed E-state index contributed by atoms with van der Waals surface area (Å²) in [6.45, 7) is 9.16. The molecule has 0 aromatic heterocycles. The van der Waals surface area contributed by atoms with Crippen LogP contribution in [0.4, 0.5) is 11.4 Å². The van der Waals surface area contributed by atoms with Gasteiger partial charge in [0.05, 0.1) is 11.4 Å². The third-order valence-corrected chi connectivity index (χ3v) is 4.03. The molecule has 5 heteroatoms. The molecule has 0 heterocycles. The van der Waals surface area contributed by atoms with Crippen molar-refractivity contribution in [1.82, 2.24) is 4.90 Å². The number of hydrogen-bond acceptors (Lipinski definition) is 5. The van der Waals surface area contributed by atoms with Crippen molar-refractivity contribution in [1.29, 1.82) is 0 Å². The van der Waals surface area contributed by atoms with Gasteiger partial charge in [0, 0.05) is 18.2 Å². The zero-order chi connectivity index (χ0) is 17.5. The van der Waals surface area contributed by atoms with Crippen molar-refractivity contribution < 1.29 is 9.47 Å². The summed E-state index contributed by atoms with van der Waals surface area (Å²) in [6, 6.07) is 13.2. The van der Waals surface area contributed by atoms with Crippen molar-refractivity contribution in [3.8, 4) is 17.2 Å². The number of nitrogen functional groups attached to an aromatic ring is 2. The van der Waals surface area contributed by atoms with Gasteiger partial charge in [0.15, 0.2) is 0 Å². The molecule has 1 unspecified atom stereocenters. The second-order valence-electron chi connectivity index (χ2n) is 5.75. The van der Waals surface area contributed by atoms with E-state index in [1.54, 1.807) is 18.2 Å². The highest BCUT2D eigenvalue weighted by Crippen LogP contribution is 2.28. The van der Waals surface area contributed by atoms with Gasteiger partial charge in [-0.3, -0.25) is 4.90 Å². The van der Waals surface area contributed by atoms with E-state index < -0.39 is 0 Å². The first-order valence-corrected chi connectivity index (χ1v) is 8.33. The molecule has 0 aliphatic rings. The average Bonchev–Trinajstić information content (AvgIpc) is 2.58. The van der Waals surface area contributed by atoms with Crippen LogP contribution < -0.4 is 20.9 Å².